The molecule has 18 heteroatoms. The van der Waals surface area contributed by atoms with Gasteiger partial charge in [-0.1, -0.05) is 0 Å². The average Bonchev–Trinajstić information content (AvgIpc) is 3.65. The van der Waals surface area contributed by atoms with Gasteiger partial charge in [0.05, 0.1) is 0 Å². The molecule has 0 unspecified atom stereocenters. The molecule has 0 amide bonds. The van der Waals surface area contributed by atoms with Gasteiger partial charge in [0.25, 0.3) is 0 Å². The Morgan fingerprint density at radius 2 is 0.696 bits per heavy atom. The second-order valence-corrected chi connectivity index (χ2v) is 11.7. The Morgan fingerprint density at radius 1 is 0.391 bits per heavy atom. The second kappa shape index (κ2) is 12.1. The predicted molar refractivity (Wildman–Crippen MR) is 144 cm³/mol. The van der Waals surface area contributed by atoms with Crippen molar-refractivity contribution in [3.63, 3.8) is 0 Å². The van der Waals surface area contributed by atoms with E-state index in [0.29, 0.717) is 46.3 Å². The number of nitrogens with zero attached hydrogens (tertiary/aromatic N) is 4. The summed E-state index contributed by atoms with van der Waals surface area (Å²) in [7, 11) is 0. The zero-order valence-corrected chi connectivity index (χ0v) is 25.5. The summed E-state index contributed by atoms with van der Waals surface area (Å²) in [6.45, 7) is 0. The van der Waals surface area contributed by atoms with E-state index in [1.165, 1.54) is 24.3 Å². The van der Waals surface area contributed by atoms with Crippen LogP contribution in [-0.4, -0.2) is 45.8 Å². The van der Waals surface area contributed by atoms with Crippen LogP contribution in [0, 0.1) is 0 Å². The molecule has 0 bridgehead atoms. The summed E-state index contributed by atoms with van der Waals surface area (Å²) in [6.07, 6.45) is -19.5. The predicted octanol–water partition coefficient (Wildman–Crippen LogP) is 8.78. The Labute approximate surface area is 262 Å². The van der Waals surface area contributed by atoms with E-state index in [9.17, 15) is 52.7 Å². The fourth-order valence-corrected chi connectivity index (χ4v) is 6.61. The van der Waals surface area contributed by atoms with Crippen molar-refractivity contribution in [2.24, 2.45) is 0 Å². The Balaban J connectivity index is 0.000000181. The van der Waals surface area contributed by atoms with Crippen LogP contribution in [-0.2, 0) is 24.7 Å². The topological polar surface area (TPSA) is 51.6 Å². The third kappa shape index (κ3) is 7.30. The molecule has 4 aromatic carbocycles. The van der Waals surface area contributed by atoms with Crippen LogP contribution >= 0.6 is 0 Å². The van der Waals surface area contributed by atoms with Gasteiger partial charge in [-0.3, -0.25) is 0 Å². The normalized spacial score (nSPS) is 12.8. The van der Waals surface area contributed by atoms with Crippen LogP contribution in [0.15, 0.2) is 72.8 Å². The molecule has 6 aromatic rings. The standard InChI is InChI=1S/2C14H6F6N2Se/c2*15-13(16,17)8-4-7(5-9(6-8)14(18,19)20)10-2-1-3-11-12(10)22-23-21-11/h2*1-6H. The first kappa shape index (κ1) is 33.6. The minimum absolute atomic E-state index is 0.109. The number of aromatic nitrogens is 4. The molecule has 240 valence electrons. The van der Waals surface area contributed by atoms with Crippen molar-refractivity contribution in [1.29, 1.82) is 0 Å². The Bertz CT molecular complexity index is 1810. The number of rotatable bonds is 2. The first-order chi connectivity index (χ1) is 21.3. The van der Waals surface area contributed by atoms with Gasteiger partial charge in [-0.2, -0.15) is 0 Å². The van der Waals surface area contributed by atoms with Crippen LogP contribution in [0.1, 0.15) is 22.3 Å². The van der Waals surface area contributed by atoms with Crippen LogP contribution < -0.4 is 0 Å². The number of hydrogen-bond donors (Lipinski definition) is 0. The van der Waals surface area contributed by atoms with Crippen molar-refractivity contribution in [2.75, 3.05) is 0 Å². The van der Waals surface area contributed by atoms with Gasteiger partial charge in [0.1, 0.15) is 0 Å². The molecule has 0 aliphatic carbocycles. The van der Waals surface area contributed by atoms with Gasteiger partial charge < -0.3 is 0 Å². The zero-order valence-electron chi connectivity index (χ0n) is 22.1. The summed E-state index contributed by atoms with van der Waals surface area (Å²) >= 11 is -0.875. The first-order valence-electron chi connectivity index (χ1n) is 12.3. The Hall–Kier alpha value is -3.72. The van der Waals surface area contributed by atoms with E-state index in [1.807, 2.05) is 0 Å². The molecule has 0 spiro atoms. The molecule has 2 aromatic heterocycles. The third-order valence-electron chi connectivity index (χ3n) is 6.37. The molecule has 0 saturated heterocycles. The maximum absolute atomic E-state index is 12.9. The van der Waals surface area contributed by atoms with Gasteiger partial charge in [-0.05, 0) is 0 Å². The van der Waals surface area contributed by atoms with E-state index < -0.39 is 76.9 Å². The number of benzene rings is 4. The Kier molecular flexibility index (Phi) is 8.88. The SMILES string of the molecule is FC(F)(F)c1cc(-c2cccc3n[se]nc23)cc(C(F)(F)F)c1.FC(F)(F)c1cc(-c2cccc3n[se]nc23)cc(C(F)(F)F)c1. The fourth-order valence-electron chi connectivity index (χ4n) is 4.30. The maximum atomic E-state index is 12.9. The quantitative estimate of drug-likeness (QED) is 0.130. The van der Waals surface area contributed by atoms with Crippen molar-refractivity contribution in [1.82, 2.24) is 15.9 Å². The van der Waals surface area contributed by atoms with Crippen LogP contribution in [0.2, 0.25) is 0 Å². The van der Waals surface area contributed by atoms with E-state index in [-0.39, 0.29) is 34.4 Å². The number of hydrogen-bond acceptors (Lipinski definition) is 4. The van der Waals surface area contributed by atoms with Crippen LogP contribution in [0.25, 0.3) is 44.3 Å². The summed E-state index contributed by atoms with van der Waals surface area (Å²) in [5, 5.41) is 0. The zero-order chi connectivity index (χ0) is 33.7. The van der Waals surface area contributed by atoms with E-state index in [0.717, 1.165) is 0 Å². The van der Waals surface area contributed by atoms with Crippen molar-refractivity contribution in [3.8, 4) is 22.3 Å². The van der Waals surface area contributed by atoms with Crippen LogP contribution in [0.5, 0.6) is 0 Å². The molecule has 4 nitrogen and oxygen atoms in total. The molecule has 0 aliphatic heterocycles. The monoisotopic (exact) mass is 792 g/mol. The summed E-state index contributed by atoms with van der Waals surface area (Å²) in [5.41, 5.74) is -3.70. The number of halogens is 12. The van der Waals surface area contributed by atoms with E-state index in [1.54, 1.807) is 12.1 Å². The molecule has 0 saturated carbocycles. The van der Waals surface area contributed by atoms with Gasteiger partial charge in [0.15, 0.2) is 0 Å². The molecule has 0 aliphatic rings. The molecule has 2 heterocycles. The molecule has 46 heavy (non-hydrogen) atoms. The van der Waals surface area contributed by atoms with Gasteiger partial charge in [-0.25, -0.2) is 0 Å². The summed E-state index contributed by atoms with van der Waals surface area (Å²) < 4.78 is 171. The summed E-state index contributed by atoms with van der Waals surface area (Å²) in [4.78, 5) is 0. The second-order valence-electron chi connectivity index (χ2n) is 9.46. The van der Waals surface area contributed by atoms with Gasteiger partial charge in [-0.15, -0.1) is 0 Å². The number of alkyl halides is 12. The van der Waals surface area contributed by atoms with E-state index in [4.69, 9.17) is 0 Å². The van der Waals surface area contributed by atoms with Crippen LogP contribution in [0.4, 0.5) is 52.7 Å². The molecule has 0 fully saturated rings. The molecule has 0 atom stereocenters. The van der Waals surface area contributed by atoms with Crippen LogP contribution in [0.3, 0.4) is 0 Å². The molecular weight excluding hydrogens is 778 g/mol. The van der Waals surface area contributed by atoms with Crippen molar-refractivity contribution in [2.45, 2.75) is 24.7 Å². The molecule has 0 N–H and O–H groups in total. The van der Waals surface area contributed by atoms with Crippen molar-refractivity contribution >= 4 is 52.0 Å². The first-order valence-corrected chi connectivity index (χ1v) is 15.4. The molecular formula is C28H12F12N4Se2. The summed E-state index contributed by atoms with van der Waals surface area (Å²) in [5.74, 6) is 0. The van der Waals surface area contributed by atoms with Gasteiger partial charge in [0.2, 0.25) is 0 Å². The average molecular weight is 790 g/mol. The minimum atomic E-state index is -4.88. The third-order valence-corrected chi connectivity index (χ3v) is 8.65. The molecule has 6 rings (SSSR count). The van der Waals surface area contributed by atoms with E-state index >= 15 is 0 Å². The molecule has 0 radical (unpaired) electrons. The summed E-state index contributed by atoms with van der Waals surface area (Å²) in [6, 6.07) is 12.2. The van der Waals surface area contributed by atoms with E-state index in [2.05, 4.69) is 15.9 Å². The Morgan fingerprint density at radius 3 is 0.978 bits per heavy atom. The van der Waals surface area contributed by atoms with Crippen molar-refractivity contribution in [3.05, 3.63) is 95.1 Å². The fraction of sp³-hybridized carbons (Fsp3) is 0.143. The van der Waals surface area contributed by atoms with Crippen molar-refractivity contribution < 1.29 is 52.7 Å². The number of fused-ring (bicyclic) bond motifs is 2. The van der Waals surface area contributed by atoms with Gasteiger partial charge >= 0.3 is 263 Å². The van der Waals surface area contributed by atoms with Gasteiger partial charge in [0, 0.05) is 0 Å².